The molecule has 184 valence electrons. The Balaban J connectivity index is 1.34. The first-order valence-electron chi connectivity index (χ1n) is 12.2. The van der Waals surface area contributed by atoms with E-state index in [1.807, 2.05) is 0 Å². The summed E-state index contributed by atoms with van der Waals surface area (Å²) in [5.41, 5.74) is 3.86. The van der Waals surface area contributed by atoms with Crippen molar-refractivity contribution in [2.45, 2.75) is 64.2 Å². The van der Waals surface area contributed by atoms with E-state index in [0.29, 0.717) is 19.0 Å². The van der Waals surface area contributed by atoms with Crippen molar-refractivity contribution >= 4 is 20.8 Å². The van der Waals surface area contributed by atoms with Gasteiger partial charge in [-0.05, 0) is 25.8 Å². The Hall–Kier alpha value is -1.94. The number of aromatic nitrogens is 2. The average Bonchev–Trinajstić information content (AvgIpc) is 3.45. The number of rotatable bonds is 6. The van der Waals surface area contributed by atoms with Crippen LogP contribution in [0.3, 0.4) is 0 Å². The molecule has 0 amide bonds. The second-order valence-corrected chi connectivity index (χ2v) is 12.6. The number of sulfone groups is 1. The summed E-state index contributed by atoms with van der Waals surface area (Å²) in [5.74, 6) is 2.68. The standard InChI is InChI=1S/C23H39N7O2S/c1-23(2,3)21-25-19(18-8-5-6-9-18)16-20(26-21)30-13-11-29(12-14-30)10-7-15-33(31,32)22-27-24-17-28(22)4/h16,18,24H,5-15,17H2,1-4H3. The quantitative estimate of drug-likeness (QED) is 0.666. The van der Waals surface area contributed by atoms with E-state index in [1.54, 1.807) is 11.9 Å². The van der Waals surface area contributed by atoms with E-state index in [9.17, 15) is 8.42 Å². The van der Waals surface area contributed by atoms with Crippen LogP contribution >= 0.6 is 0 Å². The molecule has 0 bridgehead atoms. The van der Waals surface area contributed by atoms with E-state index in [2.05, 4.69) is 47.2 Å². The zero-order chi connectivity index (χ0) is 23.6. The lowest BCUT2D eigenvalue weighted by atomic mass is 9.94. The molecule has 1 aliphatic carbocycles. The predicted molar refractivity (Wildman–Crippen MR) is 132 cm³/mol. The SMILES string of the molecule is CN1CNN=C1S(=O)(=O)CCCN1CCN(c2cc(C3CCCC3)nc(C(C)(C)C)n2)CC1. The monoisotopic (exact) mass is 477 g/mol. The fraction of sp³-hybridized carbons (Fsp3) is 0.783. The maximum atomic E-state index is 12.5. The predicted octanol–water partition coefficient (Wildman–Crippen LogP) is 2.12. The molecule has 2 aliphatic heterocycles. The van der Waals surface area contributed by atoms with E-state index >= 15 is 0 Å². The largest absolute Gasteiger partial charge is 0.354 e. The summed E-state index contributed by atoms with van der Waals surface area (Å²) in [6, 6.07) is 2.22. The highest BCUT2D eigenvalue weighted by atomic mass is 32.2. The minimum Gasteiger partial charge on any atom is -0.354 e. The molecular formula is C23H39N7O2S. The molecule has 0 spiro atoms. The number of hydrazone groups is 1. The van der Waals surface area contributed by atoms with Gasteiger partial charge in [-0.3, -0.25) is 10.3 Å². The molecule has 0 unspecified atom stereocenters. The molecule has 33 heavy (non-hydrogen) atoms. The summed E-state index contributed by atoms with van der Waals surface area (Å²) in [6.45, 7) is 11.4. The van der Waals surface area contributed by atoms with Gasteiger partial charge < -0.3 is 9.80 Å². The van der Waals surface area contributed by atoms with Crippen molar-refractivity contribution in [3.05, 3.63) is 17.6 Å². The normalized spacial score (nSPS) is 20.9. The van der Waals surface area contributed by atoms with Crippen molar-refractivity contribution in [3.8, 4) is 0 Å². The number of nitrogens with zero attached hydrogens (tertiary/aromatic N) is 6. The van der Waals surface area contributed by atoms with Crippen LogP contribution in [-0.4, -0.2) is 85.5 Å². The highest BCUT2D eigenvalue weighted by Gasteiger charge is 2.29. The van der Waals surface area contributed by atoms with Gasteiger partial charge in [0.1, 0.15) is 18.3 Å². The fourth-order valence-corrected chi connectivity index (χ4v) is 6.25. The van der Waals surface area contributed by atoms with Crippen molar-refractivity contribution < 1.29 is 8.42 Å². The Kier molecular flexibility index (Phi) is 7.14. The van der Waals surface area contributed by atoms with Gasteiger partial charge in [0.2, 0.25) is 15.0 Å². The summed E-state index contributed by atoms with van der Waals surface area (Å²) in [5, 5.41) is 4.09. The van der Waals surface area contributed by atoms with Gasteiger partial charge in [0.05, 0.1) is 5.75 Å². The summed E-state index contributed by atoms with van der Waals surface area (Å²) in [7, 11) is -1.59. The van der Waals surface area contributed by atoms with Gasteiger partial charge in [-0.1, -0.05) is 33.6 Å². The molecular weight excluding hydrogens is 438 g/mol. The van der Waals surface area contributed by atoms with Crippen molar-refractivity contribution in [2.75, 3.05) is 57.1 Å². The van der Waals surface area contributed by atoms with E-state index in [1.165, 1.54) is 31.4 Å². The Morgan fingerprint density at radius 2 is 1.79 bits per heavy atom. The smallest absolute Gasteiger partial charge is 0.242 e. The minimum absolute atomic E-state index is 0.0795. The average molecular weight is 478 g/mol. The summed E-state index contributed by atoms with van der Waals surface area (Å²) in [4.78, 5) is 16.3. The van der Waals surface area contributed by atoms with Crippen LogP contribution in [0.25, 0.3) is 0 Å². The second kappa shape index (κ2) is 9.74. The van der Waals surface area contributed by atoms with Crippen LogP contribution in [0.1, 0.15) is 70.3 Å². The minimum atomic E-state index is -3.34. The van der Waals surface area contributed by atoms with Gasteiger partial charge >= 0.3 is 0 Å². The molecule has 1 aromatic heterocycles. The molecule has 2 fully saturated rings. The molecule has 4 rings (SSSR count). The van der Waals surface area contributed by atoms with Gasteiger partial charge in [-0.2, -0.15) is 0 Å². The third-order valence-electron chi connectivity index (χ3n) is 6.85. The Bertz CT molecular complexity index is 960. The third kappa shape index (κ3) is 5.77. The maximum Gasteiger partial charge on any atom is 0.242 e. The lowest BCUT2D eigenvalue weighted by molar-refractivity contribution is 0.258. The zero-order valence-corrected chi connectivity index (χ0v) is 21.4. The number of hydrogen-bond donors (Lipinski definition) is 1. The molecule has 1 N–H and O–H groups in total. The van der Waals surface area contributed by atoms with E-state index in [0.717, 1.165) is 44.4 Å². The molecule has 3 heterocycles. The molecule has 1 saturated carbocycles. The maximum absolute atomic E-state index is 12.5. The second-order valence-electron chi connectivity index (χ2n) is 10.6. The third-order valence-corrected chi connectivity index (χ3v) is 8.63. The van der Waals surface area contributed by atoms with Crippen molar-refractivity contribution in [1.29, 1.82) is 0 Å². The first kappa shape index (κ1) is 24.2. The van der Waals surface area contributed by atoms with Crippen LogP contribution in [-0.2, 0) is 15.3 Å². The van der Waals surface area contributed by atoms with E-state index in [-0.39, 0.29) is 16.3 Å². The van der Waals surface area contributed by atoms with Crippen molar-refractivity contribution in [3.63, 3.8) is 0 Å². The molecule has 0 atom stereocenters. The number of hydrogen-bond acceptors (Lipinski definition) is 9. The topological polar surface area (TPSA) is 94.0 Å². The van der Waals surface area contributed by atoms with Gasteiger partial charge in [-0.15, -0.1) is 5.10 Å². The Morgan fingerprint density at radius 1 is 1.09 bits per heavy atom. The molecule has 9 nitrogen and oxygen atoms in total. The summed E-state index contributed by atoms with van der Waals surface area (Å²) in [6.07, 6.45) is 5.67. The van der Waals surface area contributed by atoms with Gasteiger partial charge in [0.15, 0.2) is 0 Å². The van der Waals surface area contributed by atoms with Gasteiger partial charge in [-0.25, -0.2) is 18.4 Å². The highest BCUT2D eigenvalue weighted by Crippen LogP contribution is 2.35. The van der Waals surface area contributed by atoms with Crippen LogP contribution in [0.2, 0.25) is 0 Å². The number of nitrogens with one attached hydrogen (secondary N) is 1. The summed E-state index contributed by atoms with van der Waals surface area (Å²) < 4.78 is 25.0. The fourth-order valence-electron chi connectivity index (χ4n) is 4.82. The number of anilines is 1. The lowest BCUT2D eigenvalue weighted by Gasteiger charge is -2.36. The lowest BCUT2D eigenvalue weighted by Crippen LogP contribution is -2.47. The van der Waals surface area contributed by atoms with Gasteiger partial charge in [0.25, 0.3) is 0 Å². The van der Waals surface area contributed by atoms with Crippen molar-refractivity contribution in [2.24, 2.45) is 5.10 Å². The van der Waals surface area contributed by atoms with Crippen LogP contribution in [0.15, 0.2) is 11.2 Å². The van der Waals surface area contributed by atoms with Crippen molar-refractivity contribution in [1.82, 2.24) is 25.2 Å². The van der Waals surface area contributed by atoms with Crippen LogP contribution in [0.5, 0.6) is 0 Å². The number of piperazine rings is 1. The van der Waals surface area contributed by atoms with Crippen LogP contribution < -0.4 is 10.3 Å². The van der Waals surface area contributed by atoms with Gasteiger partial charge in [0, 0.05) is 56.3 Å². The summed E-state index contributed by atoms with van der Waals surface area (Å²) >= 11 is 0. The molecule has 3 aliphatic rings. The molecule has 0 radical (unpaired) electrons. The number of amidine groups is 1. The van der Waals surface area contributed by atoms with E-state index < -0.39 is 9.84 Å². The first-order valence-corrected chi connectivity index (χ1v) is 13.9. The van der Waals surface area contributed by atoms with Crippen LogP contribution in [0, 0.1) is 0 Å². The highest BCUT2D eigenvalue weighted by molar-refractivity contribution is 8.06. The molecule has 0 aromatic carbocycles. The van der Waals surface area contributed by atoms with Crippen LogP contribution in [0.4, 0.5) is 5.82 Å². The molecule has 1 aromatic rings. The molecule has 1 saturated heterocycles. The van der Waals surface area contributed by atoms with E-state index in [4.69, 9.17) is 9.97 Å². The Morgan fingerprint density at radius 3 is 2.39 bits per heavy atom. The zero-order valence-electron chi connectivity index (χ0n) is 20.5. The first-order chi connectivity index (χ1) is 15.6. The molecule has 10 heteroatoms. The Labute approximate surface area is 198 Å².